The van der Waals surface area contributed by atoms with Crippen molar-refractivity contribution in [2.75, 3.05) is 18.4 Å². The standard InChI is InChI=1S/C17H19ClN4O3/c18-10-3-5-11(6-4-10)19-17(25)20-12-8-14-16(24)21-7-1-2-13(21)15(23)22(14)9-12/h3-6,12-14H,1-2,7-9H2,(H2,19,20,25)/t12-,13-,14-/m0/s1. The summed E-state index contributed by atoms with van der Waals surface area (Å²) in [4.78, 5) is 40.7. The predicted molar refractivity (Wildman–Crippen MR) is 92.2 cm³/mol. The molecule has 3 atom stereocenters. The van der Waals surface area contributed by atoms with Crippen molar-refractivity contribution in [2.45, 2.75) is 37.4 Å². The molecule has 3 heterocycles. The molecule has 7 nitrogen and oxygen atoms in total. The molecule has 132 valence electrons. The fraction of sp³-hybridized carbons (Fsp3) is 0.471. The van der Waals surface area contributed by atoms with Crippen molar-refractivity contribution in [1.29, 1.82) is 0 Å². The van der Waals surface area contributed by atoms with E-state index in [1.807, 2.05) is 0 Å². The SMILES string of the molecule is O=C(Nc1ccc(Cl)cc1)N[C@H]1C[C@H]2C(=O)N3CCC[C@H]3C(=O)N2C1. The van der Waals surface area contributed by atoms with Crippen LogP contribution in [-0.4, -0.2) is 58.9 Å². The zero-order chi connectivity index (χ0) is 17.6. The summed E-state index contributed by atoms with van der Waals surface area (Å²) < 4.78 is 0. The van der Waals surface area contributed by atoms with Crippen LogP contribution in [0.1, 0.15) is 19.3 Å². The molecule has 0 radical (unpaired) electrons. The van der Waals surface area contributed by atoms with E-state index in [4.69, 9.17) is 11.6 Å². The maximum absolute atomic E-state index is 12.6. The van der Waals surface area contributed by atoms with E-state index in [1.54, 1.807) is 34.1 Å². The van der Waals surface area contributed by atoms with Crippen molar-refractivity contribution in [1.82, 2.24) is 15.1 Å². The van der Waals surface area contributed by atoms with E-state index in [-0.39, 0.29) is 29.9 Å². The summed E-state index contributed by atoms with van der Waals surface area (Å²) in [6, 6.07) is 5.48. The van der Waals surface area contributed by atoms with Gasteiger partial charge in [-0.3, -0.25) is 9.59 Å². The summed E-state index contributed by atoms with van der Waals surface area (Å²) in [6.07, 6.45) is 2.08. The minimum absolute atomic E-state index is 0.0181. The molecule has 0 spiro atoms. The number of amides is 4. The van der Waals surface area contributed by atoms with Crippen LogP contribution in [0.4, 0.5) is 10.5 Å². The van der Waals surface area contributed by atoms with Crippen LogP contribution in [-0.2, 0) is 9.59 Å². The molecule has 2 N–H and O–H groups in total. The van der Waals surface area contributed by atoms with E-state index in [2.05, 4.69) is 10.6 Å². The summed E-state index contributed by atoms with van der Waals surface area (Å²) in [5.41, 5.74) is 0.630. The zero-order valence-electron chi connectivity index (χ0n) is 13.6. The molecule has 4 amide bonds. The number of rotatable bonds is 2. The number of piperazine rings is 1. The molecule has 0 unspecified atom stereocenters. The second-order valence-electron chi connectivity index (χ2n) is 6.73. The van der Waals surface area contributed by atoms with Crippen molar-refractivity contribution in [2.24, 2.45) is 0 Å². The third kappa shape index (κ3) is 2.93. The number of nitrogens with one attached hydrogen (secondary N) is 2. The molecule has 3 aliphatic rings. The normalized spacial score (nSPS) is 28.0. The molecule has 0 aromatic heterocycles. The summed E-state index contributed by atoms with van der Waals surface area (Å²) in [7, 11) is 0. The van der Waals surface area contributed by atoms with Gasteiger partial charge in [0.25, 0.3) is 0 Å². The largest absolute Gasteiger partial charge is 0.333 e. The molecule has 25 heavy (non-hydrogen) atoms. The van der Waals surface area contributed by atoms with Crippen LogP contribution in [0.5, 0.6) is 0 Å². The van der Waals surface area contributed by atoms with Gasteiger partial charge in [-0.2, -0.15) is 0 Å². The number of carbonyl (C=O) groups excluding carboxylic acids is 3. The second-order valence-corrected chi connectivity index (χ2v) is 7.17. The summed E-state index contributed by atoms with van der Waals surface area (Å²) >= 11 is 5.82. The Hall–Kier alpha value is -2.28. The minimum atomic E-state index is -0.442. The Bertz CT molecular complexity index is 693. The first-order valence-corrected chi connectivity index (χ1v) is 8.85. The Morgan fingerprint density at radius 3 is 2.56 bits per heavy atom. The van der Waals surface area contributed by atoms with E-state index < -0.39 is 6.04 Å². The van der Waals surface area contributed by atoms with Crippen LogP contribution < -0.4 is 10.6 Å². The smallest absolute Gasteiger partial charge is 0.319 e. The first kappa shape index (κ1) is 16.2. The lowest BCUT2D eigenvalue weighted by Crippen LogP contribution is -2.60. The van der Waals surface area contributed by atoms with Crippen molar-refractivity contribution in [3.63, 3.8) is 0 Å². The van der Waals surface area contributed by atoms with Gasteiger partial charge in [0.2, 0.25) is 11.8 Å². The van der Waals surface area contributed by atoms with Gasteiger partial charge in [0.15, 0.2) is 0 Å². The third-order valence-electron chi connectivity index (χ3n) is 5.13. The highest BCUT2D eigenvalue weighted by atomic mass is 35.5. The number of hydrogen-bond donors (Lipinski definition) is 2. The monoisotopic (exact) mass is 362 g/mol. The molecule has 3 aliphatic heterocycles. The van der Waals surface area contributed by atoms with Crippen molar-refractivity contribution < 1.29 is 14.4 Å². The van der Waals surface area contributed by atoms with Crippen LogP contribution in [0, 0.1) is 0 Å². The number of benzene rings is 1. The van der Waals surface area contributed by atoms with E-state index in [0.717, 1.165) is 12.8 Å². The van der Waals surface area contributed by atoms with Crippen LogP contribution in [0.3, 0.4) is 0 Å². The maximum atomic E-state index is 12.6. The van der Waals surface area contributed by atoms with Gasteiger partial charge in [0.1, 0.15) is 12.1 Å². The highest BCUT2D eigenvalue weighted by molar-refractivity contribution is 6.30. The second kappa shape index (κ2) is 6.22. The maximum Gasteiger partial charge on any atom is 0.319 e. The highest BCUT2D eigenvalue weighted by Crippen LogP contribution is 2.32. The number of hydrogen-bond acceptors (Lipinski definition) is 3. The predicted octanol–water partition coefficient (Wildman–Crippen LogP) is 1.44. The number of carbonyl (C=O) groups is 3. The Kier molecular flexibility index (Phi) is 4.03. The van der Waals surface area contributed by atoms with Gasteiger partial charge in [-0.1, -0.05) is 11.6 Å². The van der Waals surface area contributed by atoms with Gasteiger partial charge in [0.05, 0.1) is 6.04 Å². The van der Waals surface area contributed by atoms with E-state index in [0.29, 0.717) is 30.2 Å². The minimum Gasteiger partial charge on any atom is -0.333 e. The fourth-order valence-electron chi connectivity index (χ4n) is 3.97. The molecule has 0 saturated carbocycles. The van der Waals surface area contributed by atoms with Crippen LogP contribution in [0.15, 0.2) is 24.3 Å². The lowest BCUT2D eigenvalue weighted by atomic mass is 10.1. The van der Waals surface area contributed by atoms with Crippen molar-refractivity contribution >= 4 is 35.1 Å². The topological polar surface area (TPSA) is 81.8 Å². The number of nitrogens with zero attached hydrogens (tertiary/aromatic N) is 2. The molecular formula is C17H19ClN4O3. The summed E-state index contributed by atoms with van der Waals surface area (Å²) in [5.74, 6) is 0.0361. The first-order valence-electron chi connectivity index (χ1n) is 8.47. The average molecular weight is 363 g/mol. The molecule has 1 aromatic rings. The van der Waals surface area contributed by atoms with Gasteiger partial charge in [-0.05, 0) is 43.5 Å². The molecule has 4 rings (SSSR count). The number of halogens is 1. The van der Waals surface area contributed by atoms with Gasteiger partial charge in [-0.25, -0.2) is 4.79 Å². The molecule has 3 saturated heterocycles. The van der Waals surface area contributed by atoms with Crippen LogP contribution >= 0.6 is 11.6 Å². The summed E-state index contributed by atoms with van der Waals surface area (Å²) in [5, 5.41) is 6.18. The van der Waals surface area contributed by atoms with Gasteiger partial charge >= 0.3 is 6.03 Å². The van der Waals surface area contributed by atoms with E-state index in [9.17, 15) is 14.4 Å². The lowest BCUT2D eigenvalue weighted by molar-refractivity contribution is -0.156. The molecule has 3 fully saturated rings. The fourth-order valence-corrected chi connectivity index (χ4v) is 4.10. The molecule has 0 bridgehead atoms. The van der Waals surface area contributed by atoms with Crippen molar-refractivity contribution in [3.8, 4) is 0 Å². The Morgan fingerprint density at radius 2 is 1.80 bits per heavy atom. The van der Waals surface area contributed by atoms with Crippen LogP contribution in [0.25, 0.3) is 0 Å². The van der Waals surface area contributed by atoms with E-state index in [1.165, 1.54) is 0 Å². The van der Waals surface area contributed by atoms with Gasteiger partial charge < -0.3 is 20.4 Å². The average Bonchev–Trinajstić information content (AvgIpc) is 3.22. The zero-order valence-corrected chi connectivity index (χ0v) is 14.3. The third-order valence-corrected chi connectivity index (χ3v) is 5.38. The number of urea groups is 1. The summed E-state index contributed by atoms with van der Waals surface area (Å²) in [6.45, 7) is 1.04. The molecule has 8 heteroatoms. The highest BCUT2D eigenvalue weighted by Gasteiger charge is 2.51. The Morgan fingerprint density at radius 1 is 1.08 bits per heavy atom. The lowest BCUT2D eigenvalue weighted by Gasteiger charge is -2.38. The Labute approximate surface area is 150 Å². The van der Waals surface area contributed by atoms with E-state index >= 15 is 0 Å². The molecular weight excluding hydrogens is 344 g/mol. The van der Waals surface area contributed by atoms with Gasteiger partial charge in [-0.15, -0.1) is 0 Å². The van der Waals surface area contributed by atoms with Crippen LogP contribution in [0.2, 0.25) is 5.02 Å². The number of anilines is 1. The number of fused-ring (bicyclic) bond motifs is 2. The molecule has 1 aromatic carbocycles. The quantitative estimate of drug-likeness (QED) is 0.835. The molecule has 0 aliphatic carbocycles. The van der Waals surface area contributed by atoms with Crippen molar-refractivity contribution in [3.05, 3.63) is 29.3 Å². The first-order chi connectivity index (χ1) is 12.0. The van der Waals surface area contributed by atoms with Gasteiger partial charge in [0, 0.05) is 23.8 Å². The Balaban J connectivity index is 1.39.